The third kappa shape index (κ3) is 3.92. The van der Waals surface area contributed by atoms with Gasteiger partial charge in [-0.05, 0) is 12.1 Å². The highest BCUT2D eigenvalue weighted by Gasteiger charge is 2.15. The smallest absolute Gasteiger partial charge is 0.296 e. The Bertz CT molecular complexity index is 340. The molecule has 0 spiro atoms. The highest BCUT2D eigenvalue weighted by Crippen LogP contribution is 1.98. The van der Waals surface area contributed by atoms with E-state index >= 15 is 0 Å². The fourth-order valence-electron chi connectivity index (χ4n) is 0.724. The maximum absolute atomic E-state index is 10.5. The lowest BCUT2D eigenvalue weighted by Crippen LogP contribution is -2.00. The SMILES string of the molecule is O=C(OO)c1ccccc1.O=C1OOOO1. The molecule has 1 saturated heterocycles. The molecule has 1 heterocycles. The predicted molar refractivity (Wildman–Crippen MR) is 44.2 cm³/mol. The van der Waals surface area contributed by atoms with Gasteiger partial charge in [0.15, 0.2) is 0 Å². The predicted octanol–water partition coefficient (Wildman–Crippen LogP) is 1.25. The second-order valence-electron chi connectivity index (χ2n) is 2.30. The van der Waals surface area contributed by atoms with Gasteiger partial charge >= 0.3 is 12.1 Å². The number of carbonyl (C=O) groups excluding carboxylic acids is 2. The Morgan fingerprint density at radius 3 is 2.06 bits per heavy atom. The van der Waals surface area contributed by atoms with Crippen LogP contribution in [0.5, 0.6) is 0 Å². The molecule has 0 radical (unpaired) electrons. The van der Waals surface area contributed by atoms with E-state index in [0.29, 0.717) is 5.56 Å². The molecule has 0 amide bonds. The molecule has 1 aromatic carbocycles. The molecule has 8 heteroatoms. The van der Waals surface area contributed by atoms with Crippen molar-refractivity contribution in [2.24, 2.45) is 0 Å². The van der Waals surface area contributed by atoms with Crippen molar-refractivity contribution in [2.45, 2.75) is 0 Å². The molecule has 0 unspecified atom stereocenters. The first-order valence-electron chi connectivity index (χ1n) is 3.86. The molecule has 86 valence electrons. The van der Waals surface area contributed by atoms with Crippen molar-refractivity contribution in [3.63, 3.8) is 0 Å². The first kappa shape index (κ1) is 11.9. The molecule has 0 aliphatic carbocycles. The zero-order valence-corrected chi connectivity index (χ0v) is 7.69. The number of benzene rings is 1. The van der Waals surface area contributed by atoms with Crippen molar-refractivity contribution in [1.82, 2.24) is 0 Å². The summed E-state index contributed by atoms with van der Waals surface area (Å²) in [7, 11) is 0. The number of carbonyl (C=O) groups is 2. The van der Waals surface area contributed by atoms with Crippen molar-refractivity contribution < 1.29 is 39.6 Å². The third-order valence-corrected chi connectivity index (χ3v) is 1.32. The molecule has 1 N–H and O–H groups in total. The zero-order chi connectivity index (χ0) is 11.8. The van der Waals surface area contributed by atoms with E-state index in [0.717, 1.165) is 0 Å². The summed E-state index contributed by atoms with van der Waals surface area (Å²) in [4.78, 5) is 30.7. The Hall–Kier alpha value is -2.16. The second-order valence-corrected chi connectivity index (χ2v) is 2.30. The van der Waals surface area contributed by atoms with Crippen molar-refractivity contribution in [1.29, 1.82) is 0 Å². The topological polar surface area (TPSA) is 101 Å². The van der Waals surface area contributed by atoms with Gasteiger partial charge in [0.05, 0.1) is 5.56 Å². The molecule has 1 fully saturated rings. The van der Waals surface area contributed by atoms with Gasteiger partial charge in [0.1, 0.15) is 0 Å². The van der Waals surface area contributed by atoms with Gasteiger partial charge in [0.25, 0.3) is 0 Å². The normalized spacial score (nSPS) is 12.9. The first-order chi connectivity index (χ1) is 7.74. The van der Waals surface area contributed by atoms with E-state index < -0.39 is 12.1 Å². The molecule has 1 aromatic rings. The van der Waals surface area contributed by atoms with Crippen LogP contribution < -0.4 is 0 Å². The van der Waals surface area contributed by atoms with Crippen molar-refractivity contribution >= 4 is 12.1 Å². The van der Waals surface area contributed by atoms with E-state index in [-0.39, 0.29) is 0 Å². The Balaban J connectivity index is 0.000000181. The standard InChI is InChI=1S/C7H6O3.CO5/c8-7(10-9)6-4-2-1-3-5-6;2-1-3-5-6-4-1/h1-5,9H;. The largest absolute Gasteiger partial charge is 0.577 e. The molecule has 0 atom stereocenters. The number of rotatable bonds is 1. The van der Waals surface area contributed by atoms with Crippen LogP contribution in [0.3, 0.4) is 0 Å². The number of hydrogen-bond acceptors (Lipinski definition) is 8. The van der Waals surface area contributed by atoms with Crippen LogP contribution in [0.4, 0.5) is 4.79 Å². The molecule has 8 nitrogen and oxygen atoms in total. The van der Waals surface area contributed by atoms with Gasteiger partial charge in [0, 0.05) is 10.1 Å². The summed E-state index contributed by atoms with van der Waals surface area (Å²) in [5, 5.41) is 14.9. The minimum Gasteiger partial charge on any atom is -0.296 e. The fourth-order valence-corrected chi connectivity index (χ4v) is 0.724. The highest BCUT2D eigenvalue weighted by atomic mass is 17.7. The Morgan fingerprint density at radius 2 is 1.69 bits per heavy atom. The van der Waals surface area contributed by atoms with Gasteiger partial charge in [-0.2, -0.15) is 10.1 Å². The minimum atomic E-state index is -0.991. The van der Waals surface area contributed by atoms with Crippen LogP contribution >= 0.6 is 0 Å². The molecule has 16 heavy (non-hydrogen) atoms. The van der Waals surface area contributed by atoms with Crippen LogP contribution in [-0.2, 0) is 24.7 Å². The molecular weight excluding hydrogens is 224 g/mol. The summed E-state index contributed by atoms with van der Waals surface area (Å²) >= 11 is 0. The van der Waals surface area contributed by atoms with Gasteiger partial charge in [-0.25, -0.2) is 14.6 Å². The Morgan fingerprint density at radius 1 is 1.12 bits per heavy atom. The van der Waals surface area contributed by atoms with Crippen molar-refractivity contribution in [3.8, 4) is 0 Å². The summed E-state index contributed by atoms with van der Waals surface area (Å²) in [5.41, 5.74) is 0.338. The lowest BCUT2D eigenvalue weighted by Gasteiger charge is -1.92. The molecule has 1 aliphatic rings. The summed E-state index contributed by atoms with van der Waals surface area (Å²) < 4.78 is 0. The van der Waals surface area contributed by atoms with Gasteiger partial charge in [0.2, 0.25) is 0 Å². The van der Waals surface area contributed by atoms with Gasteiger partial charge in [-0.1, -0.05) is 18.2 Å². The van der Waals surface area contributed by atoms with E-state index in [9.17, 15) is 9.59 Å². The lowest BCUT2D eigenvalue weighted by molar-refractivity contribution is -0.532. The molecule has 1 aliphatic heterocycles. The van der Waals surface area contributed by atoms with Crippen LogP contribution in [0.2, 0.25) is 0 Å². The first-order valence-corrected chi connectivity index (χ1v) is 3.86. The van der Waals surface area contributed by atoms with Crippen LogP contribution in [0, 0.1) is 0 Å². The van der Waals surface area contributed by atoms with E-state index in [1.165, 1.54) is 0 Å². The summed E-state index contributed by atoms with van der Waals surface area (Å²) in [5.74, 6) is -0.736. The van der Waals surface area contributed by atoms with E-state index in [1.807, 2.05) is 0 Å². The summed E-state index contributed by atoms with van der Waals surface area (Å²) in [6.45, 7) is 0. The van der Waals surface area contributed by atoms with Crippen LogP contribution in [-0.4, -0.2) is 17.4 Å². The van der Waals surface area contributed by atoms with Crippen LogP contribution in [0.25, 0.3) is 0 Å². The lowest BCUT2D eigenvalue weighted by atomic mass is 10.2. The third-order valence-electron chi connectivity index (χ3n) is 1.32. The fraction of sp³-hybridized carbons (Fsp3) is 0. The number of hydrogen-bond donors (Lipinski definition) is 1. The summed E-state index contributed by atoms with van der Waals surface area (Å²) in [6, 6.07) is 8.25. The minimum absolute atomic E-state index is 0.338. The molecule has 0 saturated carbocycles. The molecule has 2 rings (SSSR count). The van der Waals surface area contributed by atoms with Crippen LogP contribution in [0.15, 0.2) is 30.3 Å². The van der Waals surface area contributed by atoms with Gasteiger partial charge in [-0.3, -0.25) is 4.89 Å². The zero-order valence-electron chi connectivity index (χ0n) is 7.69. The Labute approximate surface area is 88.6 Å². The maximum atomic E-state index is 10.5. The maximum Gasteiger partial charge on any atom is 0.577 e. The van der Waals surface area contributed by atoms with Gasteiger partial charge < -0.3 is 0 Å². The van der Waals surface area contributed by atoms with Crippen LogP contribution in [0.1, 0.15) is 10.4 Å². The van der Waals surface area contributed by atoms with Crippen molar-refractivity contribution in [3.05, 3.63) is 35.9 Å². The Kier molecular flexibility index (Phi) is 4.73. The summed E-state index contributed by atoms with van der Waals surface area (Å²) in [6.07, 6.45) is -0.991. The quantitative estimate of drug-likeness (QED) is 0.568. The van der Waals surface area contributed by atoms with E-state index in [2.05, 4.69) is 24.7 Å². The van der Waals surface area contributed by atoms with Crippen molar-refractivity contribution in [2.75, 3.05) is 0 Å². The molecule has 0 aromatic heterocycles. The average Bonchev–Trinajstić information content (AvgIpc) is 2.81. The van der Waals surface area contributed by atoms with Gasteiger partial charge in [-0.15, -0.1) is 0 Å². The van der Waals surface area contributed by atoms with E-state index in [1.54, 1.807) is 30.3 Å². The molecule has 0 bridgehead atoms. The average molecular weight is 230 g/mol. The highest BCUT2D eigenvalue weighted by molar-refractivity contribution is 5.88. The molecular formula is C8H6O8. The van der Waals surface area contributed by atoms with E-state index in [4.69, 9.17) is 5.26 Å². The second kappa shape index (κ2) is 6.35. The monoisotopic (exact) mass is 230 g/mol.